The van der Waals surface area contributed by atoms with Gasteiger partial charge < -0.3 is 14.7 Å². The maximum Gasteiger partial charge on any atom is 0.305 e. The average Bonchev–Trinajstić information content (AvgIpc) is 2.74. The van der Waals surface area contributed by atoms with E-state index in [1.54, 1.807) is 11.0 Å². The van der Waals surface area contributed by atoms with Gasteiger partial charge in [0.25, 0.3) is 5.91 Å². The molecule has 1 rings (SSSR count). The topological polar surface area (TPSA) is 66.8 Å². The fourth-order valence-electron chi connectivity index (χ4n) is 1.70. The molecule has 0 aliphatic rings. The maximum atomic E-state index is 12.4. The van der Waals surface area contributed by atoms with Gasteiger partial charge in [-0.1, -0.05) is 13.8 Å². The second kappa shape index (κ2) is 7.64. The fraction of sp³-hybridized carbons (Fsp3) is 0.538. The second-order valence-electron chi connectivity index (χ2n) is 4.74. The first kappa shape index (κ1) is 17.0. The number of nitrogens with zero attached hydrogens (tertiary/aromatic N) is 1. The van der Waals surface area contributed by atoms with Crippen LogP contribution in [0.4, 0.5) is 0 Å². The Kier molecular flexibility index (Phi) is 6.48. The number of hydrogen-bond acceptors (Lipinski definition) is 4. The lowest BCUT2D eigenvalue weighted by Gasteiger charge is -2.23. The summed E-state index contributed by atoms with van der Waals surface area (Å²) < 4.78 is 5.89. The van der Waals surface area contributed by atoms with Gasteiger partial charge in [-0.2, -0.15) is 0 Å². The van der Waals surface area contributed by atoms with E-state index >= 15 is 0 Å². The zero-order chi connectivity index (χ0) is 15.3. The van der Waals surface area contributed by atoms with E-state index in [2.05, 4.69) is 15.9 Å². The molecule has 0 aliphatic carbocycles. The lowest BCUT2D eigenvalue weighted by molar-refractivity contribution is -0.137. The van der Waals surface area contributed by atoms with Gasteiger partial charge in [-0.25, -0.2) is 0 Å². The number of hydrogen-bond donors (Lipinski definition) is 1. The zero-order valence-electron chi connectivity index (χ0n) is 11.7. The van der Waals surface area contributed by atoms with Crippen LogP contribution in [-0.4, -0.2) is 42.1 Å². The van der Waals surface area contributed by atoms with Crippen molar-refractivity contribution in [3.05, 3.63) is 14.7 Å². The SMILES string of the molecule is COc1cc(C(=O)N(CCC(=O)O)CC(C)C)sc1Br. The number of rotatable bonds is 7. The summed E-state index contributed by atoms with van der Waals surface area (Å²) in [6.45, 7) is 4.73. The normalized spacial score (nSPS) is 10.7. The van der Waals surface area contributed by atoms with Crippen LogP contribution in [-0.2, 0) is 4.79 Å². The maximum absolute atomic E-state index is 12.4. The van der Waals surface area contributed by atoms with Crippen molar-refractivity contribution in [3.8, 4) is 5.75 Å². The van der Waals surface area contributed by atoms with E-state index in [1.807, 2.05) is 13.8 Å². The van der Waals surface area contributed by atoms with Crippen LogP contribution >= 0.6 is 27.3 Å². The van der Waals surface area contributed by atoms with E-state index in [9.17, 15) is 9.59 Å². The van der Waals surface area contributed by atoms with E-state index in [-0.39, 0.29) is 24.8 Å². The summed E-state index contributed by atoms with van der Waals surface area (Å²) in [5.74, 6) is -0.176. The highest BCUT2D eigenvalue weighted by Gasteiger charge is 2.21. The number of aliphatic carboxylic acids is 1. The summed E-state index contributed by atoms with van der Waals surface area (Å²) in [6.07, 6.45) is -0.0534. The van der Waals surface area contributed by atoms with Gasteiger partial charge in [0.05, 0.1) is 18.4 Å². The molecule has 1 amide bonds. The van der Waals surface area contributed by atoms with E-state index in [0.29, 0.717) is 17.2 Å². The zero-order valence-corrected chi connectivity index (χ0v) is 14.1. The first-order valence-electron chi connectivity index (χ1n) is 6.19. The molecule has 0 unspecified atom stereocenters. The molecule has 5 nitrogen and oxygen atoms in total. The quantitative estimate of drug-likeness (QED) is 0.808. The summed E-state index contributed by atoms with van der Waals surface area (Å²) in [7, 11) is 1.54. The Labute approximate surface area is 130 Å². The molecule has 0 radical (unpaired) electrons. The van der Waals surface area contributed by atoms with Gasteiger partial charge in [-0.05, 0) is 21.8 Å². The molecule has 0 bridgehead atoms. The van der Waals surface area contributed by atoms with E-state index in [0.717, 1.165) is 3.79 Å². The Morgan fingerprint density at radius 2 is 2.15 bits per heavy atom. The molecule has 112 valence electrons. The molecular formula is C13H18BrNO4S. The van der Waals surface area contributed by atoms with Gasteiger partial charge in [-0.15, -0.1) is 11.3 Å². The van der Waals surface area contributed by atoms with Gasteiger partial charge in [0, 0.05) is 19.2 Å². The molecule has 1 aromatic heterocycles. The van der Waals surface area contributed by atoms with Crippen LogP contribution in [0.3, 0.4) is 0 Å². The van der Waals surface area contributed by atoms with Gasteiger partial charge in [0.15, 0.2) is 0 Å². The third kappa shape index (κ3) is 4.79. The third-order valence-corrected chi connectivity index (χ3v) is 4.32. The summed E-state index contributed by atoms with van der Waals surface area (Å²) in [6, 6.07) is 1.67. The molecule has 1 aromatic rings. The Bertz CT molecular complexity index is 487. The van der Waals surface area contributed by atoms with Crippen LogP contribution in [0, 0.1) is 5.92 Å². The number of ether oxygens (including phenoxy) is 1. The van der Waals surface area contributed by atoms with Crippen LogP contribution in [0.25, 0.3) is 0 Å². The highest BCUT2D eigenvalue weighted by Crippen LogP contribution is 2.35. The van der Waals surface area contributed by atoms with Crippen molar-refractivity contribution in [1.82, 2.24) is 4.90 Å². The number of methoxy groups -OCH3 is 1. The van der Waals surface area contributed by atoms with Gasteiger partial charge >= 0.3 is 5.97 Å². The number of halogens is 1. The standard InChI is InChI=1S/C13H18BrNO4S/c1-8(2)7-15(5-4-11(16)17)13(18)10-6-9(19-3)12(14)20-10/h6,8H,4-5,7H2,1-3H3,(H,16,17). The molecule has 0 aliphatic heterocycles. The summed E-state index contributed by atoms with van der Waals surface area (Å²) in [5.41, 5.74) is 0. The minimum atomic E-state index is -0.906. The number of carboxylic acid groups (broad SMARTS) is 1. The molecule has 0 aromatic carbocycles. The summed E-state index contributed by atoms with van der Waals surface area (Å²) >= 11 is 4.63. The molecule has 1 N–H and O–H groups in total. The number of carbonyl (C=O) groups is 2. The van der Waals surface area contributed by atoms with Crippen molar-refractivity contribution < 1.29 is 19.4 Å². The molecule has 1 heterocycles. The van der Waals surface area contributed by atoms with Crippen molar-refractivity contribution >= 4 is 39.1 Å². The van der Waals surface area contributed by atoms with E-state index < -0.39 is 5.97 Å². The Morgan fingerprint density at radius 1 is 1.50 bits per heavy atom. The lowest BCUT2D eigenvalue weighted by Crippen LogP contribution is -2.35. The monoisotopic (exact) mass is 363 g/mol. The molecule has 0 fully saturated rings. The molecule has 7 heteroatoms. The smallest absolute Gasteiger partial charge is 0.305 e. The van der Waals surface area contributed by atoms with Crippen LogP contribution in [0.5, 0.6) is 5.75 Å². The number of carboxylic acids is 1. The minimum Gasteiger partial charge on any atom is -0.495 e. The van der Waals surface area contributed by atoms with Crippen LogP contribution in [0.2, 0.25) is 0 Å². The molecule has 0 spiro atoms. The Balaban J connectivity index is 2.87. The molecule has 0 atom stereocenters. The second-order valence-corrected chi connectivity index (χ2v) is 7.11. The number of thiophene rings is 1. The first-order valence-corrected chi connectivity index (χ1v) is 7.80. The van der Waals surface area contributed by atoms with Crippen molar-refractivity contribution in [1.29, 1.82) is 0 Å². The highest BCUT2D eigenvalue weighted by molar-refractivity contribution is 9.11. The fourth-order valence-corrected chi connectivity index (χ4v) is 3.32. The van der Waals surface area contributed by atoms with E-state index in [4.69, 9.17) is 9.84 Å². The van der Waals surface area contributed by atoms with Gasteiger partial charge in [0.2, 0.25) is 0 Å². The number of amides is 1. The summed E-state index contributed by atoms with van der Waals surface area (Å²) in [4.78, 5) is 25.3. The van der Waals surface area contributed by atoms with Crippen molar-refractivity contribution in [3.63, 3.8) is 0 Å². The average molecular weight is 364 g/mol. The molecular weight excluding hydrogens is 346 g/mol. The predicted octanol–water partition coefficient (Wildman–Crippen LogP) is 3.09. The van der Waals surface area contributed by atoms with Crippen molar-refractivity contribution in [2.45, 2.75) is 20.3 Å². The van der Waals surface area contributed by atoms with Crippen molar-refractivity contribution in [2.75, 3.05) is 20.2 Å². The lowest BCUT2D eigenvalue weighted by atomic mass is 10.2. The molecule has 20 heavy (non-hydrogen) atoms. The Morgan fingerprint density at radius 3 is 2.60 bits per heavy atom. The first-order chi connectivity index (χ1) is 9.35. The molecule has 0 saturated carbocycles. The predicted molar refractivity (Wildman–Crippen MR) is 81.6 cm³/mol. The van der Waals surface area contributed by atoms with Gasteiger partial charge in [-0.3, -0.25) is 9.59 Å². The highest BCUT2D eigenvalue weighted by atomic mass is 79.9. The van der Waals surface area contributed by atoms with E-state index in [1.165, 1.54) is 18.4 Å². The number of carbonyl (C=O) groups excluding carboxylic acids is 1. The minimum absolute atomic E-state index is 0.0534. The Hall–Kier alpha value is -1.08. The van der Waals surface area contributed by atoms with Crippen LogP contribution < -0.4 is 4.74 Å². The third-order valence-electron chi connectivity index (χ3n) is 2.55. The van der Waals surface area contributed by atoms with Crippen LogP contribution in [0.1, 0.15) is 29.9 Å². The van der Waals surface area contributed by atoms with Gasteiger partial charge in [0.1, 0.15) is 9.54 Å². The van der Waals surface area contributed by atoms with Crippen molar-refractivity contribution in [2.24, 2.45) is 5.92 Å². The molecule has 0 saturated heterocycles. The largest absolute Gasteiger partial charge is 0.495 e. The summed E-state index contributed by atoms with van der Waals surface area (Å²) in [5, 5.41) is 8.77. The van der Waals surface area contributed by atoms with Crippen LogP contribution in [0.15, 0.2) is 9.85 Å².